The van der Waals surface area contributed by atoms with Crippen LogP contribution in [0, 0.1) is 10.1 Å². The van der Waals surface area contributed by atoms with Gasteiger partial charge in [0.25, 0.3) is 11.6 Å². The van der Waals surface area contributed by atoms with Gasteiger partial charge in [-0.1, -0.05) is 35.9 Å². The molecule has 1 amide bonds. The third-order valence-electron chi connectivity index (χ3n) is 4.06. The lowest BCUT2D eigenvalue weighted by Crippen LogP contribution is -2.19. The molecule has 0 atom stereocenters. The van der Waals surface area contributed by atoms with Crippen molar-refractivity contribution in [1.82, 2.24) is 10.3 Å². The van der Waals surface area contributed by atoms with Gasteiger partial charge in [-0.05, 0) is 47.7 Å². The lowest BCUT2D eigenvalue weighted by molar-refractivity contribution is -0.385. The Labute approximate surface area is 185 Å². The first-order valence-electron chi connectivity index (χ1n) is 8.90. The molecule has 1 fully saturated rings. The molecule has 2 heterocycles. The Morgan fingerprint density at radius 3 is 2.58 bits per heavy atom. The number of para-hydroxylation sites is 1. The second kappa shape index (κ2) is 8.99. The summed E-state index contributed by atoms with van der Waals surface area (Å²) in [5, 5.41) is 14.4. The largest absolute Gasteiger partial charge is 0.439 e. The predicted molar refractivity (Wildman–Crippen MR) is 120 cm³/mol. The molecule has 1 aliphatic rings. The predicted octanol–water partition coefficient (Wildman–Crippen LogP) is 5.33. The highest BCUT2D eigenvalue weighted by Crippen LogP contribution is 2.31. The van der Waals surface area contributed by atoms with Crippen molar-refractivity contribution in [2.24, 2.45) is 4.99 Å². The molecule has 1 aromatic heterocycles. The number of hydrogen-bond donors (Lipinski definition) is 1. The fraction of sp³-hybridized carbons (Fsp3) is 0. The number of amides is 1. The first-order valence-corrected chi connectivity index (χ1v) is 10.1. The average molecular weight is 453 g/mol. The second-order valence-corrected chi connectivity index (χ2v) is 7.65. The van der Waals surface area contributed by atoms with E-state index in [-0.39, 0.29) is 17.5 Å². The highest BCUT2D eigenvalue weighted by Gasteiger charge is 2.24. The lowest BCUT2D eigenvalue weighted by Gasteiger charge is -2.04. The van der Waals surface area contributed by atoms with E-state index in [9.17, 15) is 14.9 Å². The quantitative estimate of drug-likeness (QED) is 0.318. The number of thioether (sulfide) groups is 1. The topological polar surface area (TPSA) is 107 Å². The molecule has 0 bridgehead atoms. The second-order valence-electron chi connectivity index (χ2n) is 6.22. The highest BCUT2D eigenvalue weighted by atomic mass is 35.5. The Morgan fingerprint density at radius 2 is 1.90 bits per heavy atom. The van der Waals surface area contributed by atoms with Crippen molar-refractivity contribution in [1.29, 1.82) is 0 Å². The van der Waals surface area contributed by atoms with Crippen molar-refractivity contribution >= 4 is 51.9 Å². The maximum absolute atomic E-state index is 12.3. The summed E-state index contributed by atoms with van der Waals surface area (Å²) in [6.45, 7) is 0. The molecule has 1 saturated heterocycles. The molecule has 31 heavy (non-hydrogen) atoms. The summed E-state index contributed by atoms with van der Waals surface area (Å²) in [6.07, 6.45) is 2.87. The highest BCUT2D eigenvalue weighted by molar-refractivity contribution is 8.18. The van der Waals surface area contributed by atoms with E-state index in [0.29, 0.717) is 26.5 Å². The molecule has 0 unspecified atom stereocenters. The van der Waals surface area contributed by atoms with E-state index in [1.807, 2.05) is 12.1 Å². The molecule has 154 valence electrons. The molecule has 0 saturated carbocycles. The van der Waals surface area contributed by atoms with Crippen LogP contribution in [-0.2, 0) is 4.79 Å². The third-order valence-corrected chi connectivity index (χ3v) is 5.29. The maximum atomic E-state index is 12.3. The first kappa shape index (κ1) is 20.6. The zero-order valence-corrected chi connectivity index (χ0v) is 17.3. The van der Waals surface area contributed by atoms with Crippen molar-refractivity contribution in [3.8, 4) is 11.6 Å². The number of pyridine rings is 1. The number of benzene rings is 2. The monoisotopic (exact) mass is 452 g/mol. The van der Waals surface area contributed by atoms with E-state index >= 15 is 0 Å². The van der Waals surface area contributed by atoms with Crippen LogP contribution in [0.4, 0.5) is 11.4 Å². The molecular weight excluding hydrogens is 440 g/mol. The molecule has 8 nitrogen and oxygen atoms in total. The van der Waals surface area contributed by atoms with E-state index < -0.39 is 4.92 Å². The Balaban J connectivity index is 1.45. The molecule has 0 aliphatic carbocycles. The fourth-order valence-electron chi connectivity index (χ4n) is 2.58. The number of aliphatic imine (C=N–C) groups is 1. The number of hydrogen-bond acceptors (Lipinski definition) is 7. The van der Waals surface area contributed by atoms with Gasteiger partial charge in [0.2, 0.25) is 5.88 Å². The molecule has 2 aromatic carbocycles. The number of ether oxygens (including phenoxy) is 1. The van der Waals surface area contributed by atoms with Crippen LogP contribution in [0.5, 0.6) is 11.6 Å². The fourth-order valence-corrected chi connectivity index (χ4v) is 3.59. The van der Waals surface area contributed by atoms with Crippen LogP contribution in [0.2, 0.25) is 5.02 Å². The average Bonchev–Trinajstić information content (AvgIpc) is 3.10. The number of halogens is 1. The van der Waals surface area contributed by atoms with Crippen LogP contribution >= 0.6 is 23.4 Å². The van der Waals surface area contributed by atoms with Gasteiger partial charge in [0.05, 0.1) is 20.5 Å². The number of amidine groups is 1. The van der Waals surface area contributed by atoms with Gasteiger partial charge in [-0.3, -0.25) is 14.9 Å². The summed E-state index contributed by atoms with van der Waals surface area (Å²) in [6, 6.07) is 16.9. The minimum absolute atomic E-state index is 0.112. The zero-order valence-electron chi connectivity index (χ0n) is 15.7. The zero-order chi connectivity index (χ0) is 21.8. The minimum Gasteiger partial charge on any atom is -0.439 e. The van der Waals surface area contributed by atoms with E-state index in [2.05, 4.69) is 15.3 Å². The number of nitrogens with one attached hydrogen (secondary N) is 1. The molecule has 4 rings (SSSR count). The van der Waals surface area contributed by atoms with Gasteiger partial charge < -0.3 is 10.1 Å². The molecule has 3 aromatic rings. The van der Waals surface area contributed by atoms with E-state index in [1.165, 1.54) is 23.9 Å². The third kappa shape index (κ3) is 5.08. The summed E-state index contributed by atoms with van der Waals surface area (Å²) in [7, 11) is 0. The Bertz CT molecular complexity index is 1210. The van der Waals surface area contributed by atoms with Gasteiger partial charge in [0.15, 0.2) is 5.17 Å². The number of aromatic nitrogens is 1. The summed E-state index contributed by atoms with van der Waals surface area (Å²) < 4.78 is 5.58. The van der Waals surface area contributed by atoms with Crippen LogP contribution in [0.3, 0.4) is 0 Å². The Kier molecular flexibility index (Phi) is 5.96. The van der Waals surface area contributed by atoms with Crippen LogP contribution in [-0.4, -0.2) is 21.0 Å². The number of nitro groups is 1. The van der Waals surface area contributed by atoms with Crippen molar-refractivity contribution < 1.29 is 14.5 Å². The van der Waals surface area contributed by atoms with E-state index in [0.717, 1.165) is 11.8 Å². The van der Waals surface area contributed by atoms with Crippen LogP contribution in [0.1, 0.15) is 5.56 Å². The van der Waals surface area contributed by atoms with Crippen LogP contribution in [0.25, 0.3) is 6.08 Å². The summed E-state index contributed by atoms with van der Waals surface area (Å²) >= 11 is 7.33. The molecule has 1 N–H and O–H groups in total. The summed E-state index contributed by atoms with van der Waals surface area (Å²) in [5.74, 6) is 0.502. The standard InChI is InChI=1S/C21H13ClN4O4S/c22-16-3-1-2-4-17(16)24-21-25-20(27)18(31-21)11-13-5-8-15(9-6-13)30-19-10-7-14(12-23-19)26(28)29/h1-12H,(H,24,25,27)/b18-11+. The van der Waals surface area contributed by atoms with Crippen molar-refractivity contribution in [2.45, 2.75) is 0 Å². The number of carbonyl (C=O) groups is 1. The number of carbonyl (C=O) groups excluding carboxylic acids is 1. The van der Waals surface area contributed by atoms with Crippen molar-refractivity contribution in [2.75, 3.05) is 0 Å². The smallest absolute Gasteiger partial charge is 0.287 e. The molecule has 1 aliphatic heterocycles. The minimum atomic E-state index is -0.527. The first-order chi connectivity index (χ1) is 15.0. The number of rotatable bonds is 5. The van der Waals surface area contributed by atoms with Gasteiger partial charge in [0.1, 0.15) is 11.9 Å². The van der Waals surface area contributed by atoms with Gasteiger partial charge in [-0.2, -0.15) is 0 Å². The van der Waals surface area contributed by atoms with Gasteiger partial charge in [-0.25, -0.2) is 9.98 Å². The Morgan fingerprint density at radius 1 is 1.13 bits per heavy atom. The Hall–Kier alpha value is -3.69. The summed E-state index contributed by atoms with van der Waals surface area (Å²) in [4.78, 5) is 31.2. The molecule has 10 heteroatoms. The van der Waals surface area contributed by atoms with E-state index in [4.69, 9.17) is 16.3 Å². The SMILES string of the molecule is O=C1NC(=Nc2ccccc2Cl)S/C1=C/c1ccc(Oc2ccc([N+](=O)[O-])cn2)cc1. The maximum Gasteiger partial charge on any atom is 0.287 e. The van der Waals surface area contributed by atoms with Gasteiger partial charge in [-0.15, -0.1) is 0 Å². The van der Waals surface area contributed by atoms with Crippen molar-refractivity contribution in [3.63, 3.8) is 0 Å². The van der Waals surface area contributed by atoms with Crippen LogP contribution < -0.4 is 10.1 Å². The van der Waals surface area contributed by atoms with Crippen molar-refractivity contribution in [3.05, 3.63) is 92.5 Å². The van der Waals surface area contributed by atoms with Gasteiger partial charge >= 0.3 is 0 Å². The molecule has 0 radical (unpaired) electrons. The van der Waals surface area contributed by atoms with Crippen LogP contribution in [0.15, 0.2) is 76.8 Å². The van der Waals surface area contributed by atoms with Gasteiger partial charge in [0, 0.05) is 12.1 Å². The molecule has 0 spiro atoms. The summed E-state index contributed by atoms with van der Waals surface area (Å²) in [5.41, 5.74) is 1.26. The molecular formula is C21H13ClN4O4S. The normalized spacial score (nSPS) is 15.8. The van der Waals surface area contributed by atoms with E-state index in [1.54, 1.807) is 42.5 Å². The number of nitrogens with zero attached hydrogens (tertiary/aromatic N) is 3. The lowest BCUT2D eigenvalue weighted by atomic mass is 10.2.